The summed E-state index contributed by atoms with van der Waals surface area (Å²) in [5.74, 6) is 0. The van der Waals surface area contributed by atoms with Gasteiger partial charge in [0.2, 0.25) is 0 Å². The summed E-state index contributed by atoms with van der Waals surface area (Å²) in [6.07, 6.45) is 0. The van der Waals surface area contributed by atoms with Gasteiger partial charge in [-0.1, -0.05) is 0 Å². The molecule has 6 heteroatoms. The third-order valence-electron chi connectivity index (χ3n) is 0. The molecule has 0 aliphatic heterocycles. The molecule has 0 aliphatic rings. The van der Waals surface area contributed by atoms with Crippen LogP contribution in [0.25, 0.3) is 0 Å². The van der Waals surface area contributed by atoms with Crippen molar-refractivity contribution < 1.29 is 67.6 Å². The van der Waals surface area contributed by atoms with Crippen LogP contribution in [-0.2, 0) is 67.6 Å². The molecular formula is CuFe2O3. The largest absolute Gasteiger partial charge is 3.00 e. The van der Waals surface area contributed by atoms with Crippen LogP contribution in [-0.4, -0.2) is 0 Å². The fraction of sp³-hybridized carbons (Fsp3) is 0. The van der Waals surface area contributed by atoms with E-state index in [-0.39, 0.29) is 67.6 Å². The van der Waals surface area contributed by atoms with Crippen molar-refractivity contribution in [3.05, 3.63) is 0 Å². The quantitative estimate of drug-likeness (QED) is 0.502. The first-order chi connectivity index (χ1) is 0. The van der Waals surface area contributed by atoms with Crippen molar-refractivity contribution in [3.63, 3.8) is 0 Å². The summed E-state index contributed by atoms with van der Waals surface area (Å²) in [5.41, 5.74) is 0. The summed E-state index contributed by atoms with van der Waals surface area (Å²) in [4.78, 5) is 0. The predicted molar refractivity (Wildman–Crippen MR) is 2.06 cm³/mol. The van der Waals surface area contributed by atoms with Crippen molar-refractivity contribution in [1.29, 1.82) is 0 Å². The minimum absolute atomic E-state index is 0. The van der Waals surface area contributed by atoms with E-state index in [9.17, 15) is 0 Å². The van der Waals surface area contributed by atoms with Gasteiger partial charge in [-0.05, 0) is 0 Å². The van der Waals surface area contributed by atoms with E-state index in [4.69, 9.17) is 0 Å². The van der Waals surface area contributed by atoms with Gasteiger partial charge in [0.1, 0.15) is 0 Å². The summed E-state index contributed by atoms with van der Waals surface area (Å²) in [6, 6.07) is 0. The first-order valence-electron chi connectivity index (χ1n) is 0. The minimum Gasteiger partial charge on any atom is -2.00 e. The molecule has 0 bridgehead atoms. The first kappa shape index (κ1) is 149. The third-order valence-corrected chi connectivity index (χ3v) is 0. The topological polar surface area (TPSA) is 85.5 Å². The van der Waals surface area contributed by atoms with Crippen LogP contribution in [0.15, 0.2) is 0 Å². The van der Waals surface area contributed by atoms with E-state index in [1.165, 1.54) is 0 Å². The monoisotopic (exact) mass is 223 g/mol. The Balaban J connectivity index is 0. The van der Waals surface area contributed by atoms with Crippen LogP contribution in [0.4, 0.5) is 0 Å². The molecular weight excluding hydrogens is 223 g/mol. The zero-order valence-corrected chi connectivity index (χ0v) is 5.38. The molecule has 0 heterocycles. The van der Waals surface area contributed by atoms with Crippen molar-refractivity contribution in [3.8, 4) is 0 Å². The zero-order chi connectivity index (χ0) is 0. The van der Waals surface area contributed by atoms with Crippen LogP contribution in [0.5, 0.6) is 0 Å². The molecule has 6 heavy (non-hydrogen) atoms. The Labute approximate surface area is 67.6 Å². The average Bonchev–Trinajstić information content (AvgIpc) is 0. The van der Waals surface area contributed by atoms with Crippen molar-refractivity contribution in [2.75, 3.05) is 0 Å². The fourth-order valence-electron chi connectivity index (χ4n) is 0. The normalized spacial score (nSPS) is 0. The van der Waals surface area contributed by atoms with Crippen LogP contribution in [0.3, 0.4) is 0 Å². The molecule has 0 aromatic carbocycles. The average molecular weight is 223 g/mol. The molecule has 0 spiro atoms. The number of hydrogen-bond donors (Lipinski definition) is 0. The van der Waals surface area contributed by atoms with Gasteiger partial charge in [0.05, 0.1) is 0 Å². The van der Waals surface area contributed by atoms with E-state index in [2.05, 4.69) is 0 Å². The second kappa shape index (κ2) is 92.0. The van der Waals surface area contributed by atoms with Crippen LogP contribution in [0.1, 0.15) is 0 Å². The van der Waals surface area contributed by atoms with E-state index in [1.54, 1.807) is 0 Å². The van der Waals surface area contributed by atoms with Gasteiger partial charge in [-0.25, -0.2) is 0 Å². The molecule has 45 valence electrons. The fourth-order valence-corrected chi connectivity index (χ4v) is 0. The maximum atomic E-state index is 0. The van der Waals surface area contributed by atoms with E-state index < -0.39 is 0 Å². The van der Waals surface area contributed by atoms with Crippen molar-refractivity contribution >= 4 is 0 Å². The van der Waals surface area contributed by atoms with Crippen LogP contribution < -0.4 is 0 Å². The van der Waals surface area contributed by atoms with E-state index in [0.717, 1.165) is 0 Å². The molecule has 0 aliphatic carbocycles. The Morgan fingerprint density at radius 2 is 0.500 bits per heavy atom. The van der Waals surface area contributed by atoms with Crippen molar-refractivity contribution in [2.24, 2.45) is 0 Å². The zero-order valence-electron chi connectivity index (χ0n) is 2.23. The van der Waals surface area contributed by atoms with Gasteiger partial charge in [0.15, 0.2) is 0 Å². The van der Waals surface area contributed by atoms with Crippen LogP contribution in [0.2, 0.25) is 0 Å². The predicted octanol–water partition coefficient (Wildman–Crippen LogP) is -0.364. The van der Waals surface area contributed by atoms with Crippen molar-refractivity contribution in [1.82, 2.24) is 0 Å². The van der Waals surface area contributed by atoms with Gasteiger partial charge in [-0.3, -0.25) is 0 Å². The Hall–Kier alpha value is 1.44. The minimum atomic E-state index is 0. The van der Waals surface area contributed by atoms with Crippen LogP contribution in [0, 0.1) is 0 Å². The van der Waals surface area contributed by atoms with Gasteiger partial charge in [0, 0.05) is 17.1 Å². The molecule has 0 amide bonds. The second-order valence-electron chi connectivity index (χ2n) is 0. The van der Waals surface area contributed by atoms with E-state index in [0.29, 0.717) is 0 Å². The molecule has 0 saturated heterocycles. The summed E-state index contributed by atoms with van der Waals surface area (Å²) >= 11 is 0. The summed E-state index contributed by atoms with van der Waals surface area (Å²) < 4.78 is 0. The SMILES string of the molecule is [Cu].[Fe+3].[Fe+3].[O-2].[O-2].[O-2]. The Bertz CT molecular complexity index is 8.75. The molecule has 0 N–H and O–H groups in total. The van der Waals surface area contributed by atoms with Gasteiger partial charge >= 0.3 is 34.1 Å². The van der Waals surface area contributed by atoms with Crippen molar-refractivity contribution in [2.45, 2.75) is 0 Å². The Kier molecular flexibility index (Phi) is 2290. The maximum absolute atomic E-state index is 0. The third kappa shape index (κ3) is 51.8. The van der Waals surface area contributed by atoms with Crippen LogP contribution >= 0.6 is 0 Å². The molecule has 0 rings (SSSR count). The molecule has 0 aromatic rings. The van der Waals surface area contributed by atoms with Gasteiger partial charge in [0.25, 0.3) is 0 Å². The molecule has 3 radical (unpaired) electrons. The molecule has 0 atom stereocenters. The molecule has 0 aromatic heterocycles. The summed E-state index contributed by atoms with van der Waals surface area (Å²) in [6.45, 7) is 0. The van der Waals surface area contributed by atoms with Gasteiger partial charge < -0.3 is 16.4 Å². The Morgan fingerprint density at radius 3 is 0.500 bits per heavy atom. The smallest absolute Gasteiger partial charge is 2.00 e. The van der Waals surface area contributed by atoms with E-state index in [1.807, 2.05) is 0 Å². The Morgan fingerprint density at radius 1 is 0.500 bits per heavy atom. The van der Waals surface area contributed by atoms with E-state index >= 15 is 0 Å². The molecule has 3 nitrogen and oxygen atoms in total. The first-order valence-corrected chi connectivity index (χ1v) is 0. The molecule has 0 unspecified atom stereocenters. The van der Waals surface area contributed by atoms with Gasteiger partial charge in [-0.15, -0.1) is 0 Å². The number of hydrogen-bond acceptors (Lipinski definition) is 0. The summed E-state index contributed by atoms with van der Waals surface area (Å²) in [5, 5.41) is 0. The second-order valence-corrected chi connectivity index (χ2v) is 0. The van der Waals surface area contributed by atoms with Gasteiger partial charge in [-0.2, -0.15) is 0 Å². The number of rotatable bonds is 0. The summed E-state index contributed by atoms with van der Waals surface area (Å²) in [7, 11) is 0. The molecule has 0 fully saturated rings. The standard InChI is InChI=1S/Cu.2Fe.3O/q;2*+3;3*-2. The maximum Gasteiger partial charge on any atom is 3.00 e. The molecule has 0 saturated carbocycles.